The molecule has 1 aromatic carbocycles. The Kier molecular flexibility index (Phi) is 5.04. The first-order valence-corrected chi connectivity index (χ1v) is 8.07. The van der Waals surface area contributed by atoms with Crippen LogP contribution in [0.3, 0.4) is 0 Å². The monoisotopic (exact) mass is 288 g/mol. The average molecular weight is 288 g/mol. The quantitative estimate of drug-likeness (QED) is 0.864. The first kappa shape index (κ1) is 16.0. The highest BCUT2D eigenvalue weighted by Crippen LogP contribution is 2.31. The SMILES string of the molecule is CC(C)(C)C(=O)N1CCCc2cc(CCCCN)ccc21. The van der Waals surface area contributed by atoms with E-state index in [1.165, 1.54) is 11.1 Å². The number of fused-ring (bicyclic) bond motifs is 1. The molecule has 0 aliphatic carbocycles. The van der Waals surface area contributed by atoms with Crippen molar-refractivity contribution in [3.63, 3.8) is 0 Å². The summed E-state index contributed by atoms with van der Waals surface area (Å²) >= 11 is 0. The Morgan fingerprint density at radius 2 is 2.05 bits per heavy atom. The molecule has 1 aromatic rings. The first-order valence-electron chi connectivity index (χ1n) is 8.07. The number of rotatable bonds is 4. The maximum absolute atomic E-state index is 12.6. The second kappa shape index (κ2) is 6.61. The molecule has 1 amide bonds. The number of nitrogens with two attached hydrogens (primary N) is 1. The van der Waals surface area contributed by atoms with Gasteiger partial charge in [0.05, 0.1) is 0 Å². The van der Waals surface area contributed by atoms with Gasteiger partial charge in [0.25, 0.3) is 0 Å². The Balaban J connectivity index is 2.18. The van der Waals surface area contributed by atoms with Crippen molar-refractivity contribution in [3.05, 3.63) is 29.3 Å². The standard InChI is InChI=1S/C18H28N2O/c1-18(2,3)17(21)20-12-6-8-15-13-14(7-4-5-11-19)9-10-16(15)20/h9-10,13H,4-8,11-12,19H2,1-3H3. The predicted octanol–water partition coefficient (Wildman–Crippen LogP) is 3.29. The van der Waals surface area contributed by atoms with Crippen molar-refractivity contribution in [1.29, 1.82) is 0 Å². The highest BCUT2D eigenvalue weighted by Gasteiger charge is 2.30. The number of benzene rings is 1. The van der Waals surface area contributed by atoms with Gasteiger partial charge in [0.1, 0.15) is 0 Å². The zero-order chi connectivity index (χ0) is 15.5. The zero-order valence-electron chi connectivity index (χ0n) is 13.6. The van der Waals surface area contributed by atoms with Crippen molar-refractivity contribution in [2.75, 3.05) is 18.0 Å². The van der Waals surface area contributed by atoms with Crippen LogP contribution in [0.15, 0.2) is 18.2 Å². The molecule has 2 N–H and O–H groups in total. The van der Waals surface area contributed by atoms with Crippen molar-refractivity contribution in [3.8, 4) is 0 Å². The smallest absolute Gasteiger partial charge is 0.232 e. The van der Waals surface area contributed by atoms with Crippen LogP contribution in [0.1, 0.15) is 51.2 Å². The number of carbonyl (C=O) groups is 1. The molecule has 0 atom stereocenters. The minimum Gasteiger partial charge on any atom is -0.330 e. The average Bonchev–Trinajstić information content (AvgIpc) is 2.45. The van der Waals surface area contributed by atoms with Gasteiger partial charge < -0.3 is 10.6 Å². The van der Waals surface area contributed by atoms with E-state index in [1.807, 2.05) is 25.7 Å². The van der Waals surface area contributed by atoms with Gasteiger partial charge in [-0.3, -0.25) is 4.79 Å². The van der Waals surface area contributed by atoms with Crippen molar-refractivity contribution in [2.45, 2.75) is 52.9 Å². The summed E-state index contributed by atoms with van der Waals surface area (Å²) in [6.45, 7) is 7.58. The van der Waals surface area contributed by atoms with E-state index in [-0.39, 0.29) is 11.3 Å². The van der Waals surface area contributed by atoms with Crippen LogP contribution in [-0.4, -0.2) is 19.0 Å². The third kappa shape index (κ3) is 3.85. The van der Waals surface area contributed by atoms with Crippen LogP contribution in [0.4, 0.5) is 5.69 Å². The molecule has 1 aliphatic rings. The van der Waals surface area contributed by atoms with Crippen molar-refractivity contribution < 1.29 is 4.79 Å². The van der Waals surface area contributed by atoms with Crippen LogP contribution in [0, 0.1) is 5.41 Å². The summed E-state index contributed by atoms with van der Waals surface area (Å²) in [5.74, 6) is 0.222. The van der Waals surface area contributed by atoms with Crippen molar-refractivity contribution in [2.24, 2.45) is 11.1 Å². The Bertz CT molecular complexity index is 502. The van der Waals surface area contributed by atoms with E-state index in [0.29, 0.717) is 0 Å². The fourth-order valence-electron chi connectivity index (χ4n) is 2.90. The minimum atomic E-state index is -0.325. The van der Waals surface area contributed by atoms with E-state index in [9.17, 15) is 4.79 Å². The number of anilines is 1. The Labute approximate surface area is 128 Å². The summed E-state index contributed by atoms with van der Waals surface area (Å²) in [5, 5.41) is 0. The summed E-state index contributed by atoms with van der Waals surface area (Å²) < 4.78 is 0. The first-order chi connectivity index (χ1) is 9.93. The topological polar surface area (TPSA) is 46.3 Å². The molecule has 2 rings (SSSR count). The molecule has 0 bridgehead atoms. The highest BCUT2D eigenvalue weighted by molar-refractivity contribution is 5.97. The molecule has 3 heteroatoms. The van der Waals surface area contributed by atoms with E-state index in [4.69, 9.17) is 5.73 Å². The lowest BCUT2D eigenvalue weighted by molar-refractivity contribution is -0.125. The Hall–Kier alpha value is -1.35. The second-order valence-corrected chi connectivity index (χ2v) is 7.02. The van der Waals surface area contributed by atoms with E-state index in [0.717, 1.165) is 50.9 Å². The molecule has 0 saturated carbocycles. The number of unbranched alkanes of at least 4 members (excludes halogenated alkanes) is 1. The van der Waals surface area contributed by atoms with Gasteiger partial charge in [-0.25, -0.2) is 0 Å². The fourth-order valence-corrected chi connectivity index (χ4v) is 2.90. The summed E-state index contributed by atoms with van der Waals surface area (Å²) in [6.07, 6.45) is 5.43. The number of hydrogen-bond donors (Lipinski definition) is 1. The van der Waals surface area contributed by atoms with Crippen molar-refractivity contribution >= 4 is 11.6 Å². The molecular formula is C18H28N2O. The Morgan fingerprint density at radius 3 is 2.71 bits per heavy atom. The van der Waals surface area contributed by atoms with Crippen molar-refractivity contribution in [1.82, 2.24) is 0 Å². The molecule has 0 unspecified atom stereocenters. The molecule has 0 aromatic heterocycles. The van der Waals surface area contributed by atoms with Crippen LogP contribution < -0.4 is 10.6 Å². The van der Waals surface area contributed by atoms with Crippen LogP contribution in [-0.2, 0) is 17.6 Å². The lowest BCUT2D eigenvalue weighted by Gasteiger charge is -2.34. The number of carbonyl (C=O) groups excluding carboxylic acids is 1. The van der Waals surface area contributed by atoms with E-state index >= 15 is 0 Å². The summed E-state index contributed by atoms with van der Waals surface area (Å²) in [6, 6.07) is 6.59. The van der Waals surface area contributed by atoms with Gasteiger partial charge in [0.2, 0.25) is 5.91 Å². The lowest BCUT2D eigenvalue weighted by Crippen LogP contribution is -2.42. The fraction of sp³-hybridized carbons (Fsp3) is 0.611. The summed E-state index contributed by atoms with van der Waals surface area (Å²) in [7, 11) is 0. The van der Waals surface area contributed by atoms with Gasteiger partial charge in [-0.2, -0.15) is 0 Å². The van der Waals surface area contributed by atoms with Crippen LogP contribution in [0.5, 0.6) is 0 Å². The Morgan fingerprint density at radius 1 is 1.29 bits per heavy atom. The normalized spacial score (nSPS) is 15.0. The molecule has 116 valence electrons. The maximum atomic E-state index is 12.6. The van der Waals surface area contributed by atoms with Gasteiger partial charge in [-0.05, 0) is 55.8 Å². The molecular weight excluding hydrogens is 260 g/mol. The molecule has 1 heterocycles. The van der Waals surface area contributed by atoms with Crippen LogP contribution >= 0.6 is 0 Å². The minimum absolute atomic E-state index is 0.222. The summed E-state index contributed by atoms with van der Waals surface area (Å²) in [4.78, 5) is 14.6. The van der Waals surface area contributed by atoms with Gasteiger partial charge in [0.15, 0.2) is 0 Å². The van der Waals surface area contributed by atoms with Gasteiger partial charge in [0, 0.05) is 17.6 Å². The van der Waals surface area contributed by atoms with Gasteiger partial charge >= 0.3 is 0 Å². The molecule has 0 fully saturated rings. The number of amides is 1. The zero-order valence-corrected chi connectivity index (χ0v) is 13.6. The largest absolute Gasteiger partial charge is 0.330 e. The number of hydrogen-bond acceptors (Lipinski definition) is 2. The molecule has 3 nitrogen and oxygen atoms in total. The molecule has 0 radical (unpaired) electrons. The third-order valence-corrected chi connectivity index (χ3v) is 4.07. The van der Waals surface area contributed by atoms with Crippen LogP contribution in [0.2, 0.25) is 0 Å². The molecule has 21 heavy (non-hydrogen) atoms. The third-order valence-electron chi connectivity index (χ3n) is 4.07. The van der Waals surface area contributed by atoms with Crippen LogP contribution in [0.25, 0.3) is 0 Å². The number of nitrogens with zero attached hydrogens (tertiary/aromatic N) is 1. The van der Waals surface area contributed by atoms with Gasteiger partial charge in [-0.1, -0.05) is 32.9 Å². The maximum Gasteiger partial charge on any atom is 0.232 e. The number of aryl methyl sites for hydroxylation is 2. The highest BCUT2D eigenvalue weighted by atomic mass is 16.2. The lowest BCUT2D eigenvalue weighted by atomic mass is 9.91. The molecule has 1 aliphatic heterocycles. The second-order valence-electron chi connectivity index (χ2n) is 7.02. The summed E-state index contributed by atoms with van der Waals surface area (Å²) in [5.41, 5.74) is 9.03. The van der Waals surface area contributed by atoms with E-state index in [2.05, 4.69) is 18.2 Å². The van der Waals surface area contributed by atoms with E-state index in [1.54, 1.807) is 0 Å². The van der Waals surface area contributed by atoms with Gasteiger partial charge in [-0.15, -0.1) is 0 Å². The predicted molar refractivity (Wildman–Crippen MR) is 88.6 cm³/mol. The van der Waals surface area contributed by atoms with E-state index < -0.39 is 0 Å². The molecule has 0 spiro atoms. The molecule has 0 saturated heterocycles.